The van der Waals surface area contributed by atoms with E-state index in [1.807, 2.05) is 6.92 Å². The van der Waals surface area contributed by atoms with E-state index in [-0.39, 0.29) is 39.1 Å². The number of rotatable bonds is 7. The van der Waals surface area contributed by atoms with Crippen molar-refractivity contribution in [2.24, 2.45) is 0 Å². The number of hydrogen-bond acceptors (Lipinski definition) is 5. The Labute approximate surface area is 167 Å². The Hall–Kier alpha value is -2.24. The van der Waals surface area contributed by atoms with Gasteiger partial charge in [-0.3, -0.25) is 4.79 Å². The maximum absolute atomic E-state index is 12.9. The fourth-order valence-corrected chi connectivity index (χ4v) is 3.14. The molecule has 7 heteroatoms. The third kappa shape index (κ3) is 4.73. The second-order valence-corrected chi connectivity index (χ2v) is 6.81. The number of phenolic OH excluding ortho intramolecular Hbond substituents is 2. The van der Waals surface area contributed by atoms with Gasteiger partial charge in [-0.1, -0.05) is 36.5 Å². The van der Waals surface area contributed by atoms with Crippen LogP contribution in [0.15, 0.2) is 24.3 Å². The van der Waals surface area contributed by atoms with Crippen molar-refractivity contribution < 1.29 is 24.5 Å². The van der Waals surface area contributed by atoms with E-state index in [4.69, 9.17) is 27.9 Å². The first kappa shape index (κ1) is 21.1. The zero-order valence-corrected chi connectivity index (χ0v) is 16.5. The van der Waals surface area contributed by atoms with Gasteiger partial charge in [0.2, 0.25) is 0 Å². The van der Waals surface area contributed by atoms with Gasteiger partial charge in [0.15, 0.2) is 5.78 Å². The van der Waals surface area contributed by atoms with Gasteiger partial charge in [0, 0.05) is 10.6 Å². The number of aryl methyl sites for hydroxylation is 1. The van der Waals surface area contributed by atoms with Gasteiger partial charge in [0.25, 0.3) is 0 Å². The smallest absolute Gasteiger partial charge is 0.341 e. The summed E-state index contributed by atoms with van der Waals surface area (Å²) in [4.78, 5) is 25.1. The maximum atomic E-state index is 12.9. The molecule has 0 aliphatic heterocycles. The lowest BCUT2D eigenvalue weighted by Gasteiger charge is -2.13. The molecule has 5 nitrogen and oxygen atoms in total. The number of aromatic hydroxyl groups is 2. The van der Waals surface area contributed by atoms with Crippen LogP contribution in [0.1, 0.15) is 58.5 Å². The molecule has 0 aromatic heterocycles. The van der Waals surface area contributed by atoms with Gasteiger partial charge in [-0.25, -0.2) is 4.79 Å². The van der Waals surface area contributed by atoms with Crippen LogP contribution >= 0.6 is 23.2 Å². The molecular weight excluding hydrogens is 391 g/mol. The van der Waals surface area contributed by atoms with Crippen LogP contribution in [0.5, 0.6) is 11.5 Å². The minimum absolute atomic E-state index is 0.0542. The minimum Gasteiger partial charge on any atom is -0.507 e. The van der Waals surface area contributed by atoms with Crippen LogP contribution in [-0.2, 0) is 11.2 Å². The Kier molecular flexibility index (Phi) is 7.11. The Morgan fingerprint density at radius 1 is 1.00 bits per heavy atom. The first-order valence-corrected chi connectivity index (χ1v) is 9.31. The van der Waals surface area contributed by atoms with Crippen molar-refractivity contribution in [2.45, 2.75) is 33.1 Å². The highest BCUT2D eigenvalue weighted by Gasteiger charge is 2.23. The van der Waals surface area contributed by atoms with E-state index in [9.17, 15) is 19.8 Å². The number of ketones is 1. The molecule has 2 rings (SSSR count). The van der Waals surface area contributed by atoms with Crippen LogP contribution in [0.4, 0.5) is 0 Å². The number of hydrogen-bond donors (Lipinski definition) is 2. The highest BCUT2D eigenvalue weighted by Crippen LogP contribution is 2.34. The average Bonchev–Trinajstić information content (AvgIpc) is 2.63. The Morgan fingerprint density at radius 2 is 1.70 bits per heavy atom. The van der Waals surface area contributed by atoms with Gasteiger partial charge in [-0.15, -0.1) is 0 Å². The van der Waals surface area contributed by atoms with Crippen molar-refractivity contribution in [1.29, 1.82) is 0 Å². The van der Waals surface area contributed by atoms with Crippen LogP contribution in [0, 0.1) is 0 Å². The number of carbonyl (C=O) groups excluding carboxylic acids is 2. The predicted molar refractivity (Wildman–Crippen MR) is 104 cm³/mol. The summed E-state index contributed by atoms with van der Waals surface area (Å²) in [5.41, 5.74) is 0.393. The molecule has 0 aliphatic carbocycles. The van der Waals surface area contributed by atoms with Gasteiger partial charge in [-0.05, 0) is 49.6 Å². The summed E-state index contributed by atoms with van der Waals surface area (Å²) < 4.78 is 4.97. The van der Waals surface area contributed by atoms with Crippen molar-refractivity contribution in [1.82, 2.24) is 0 Å². The number of benzene rings is 2. The first-order chi connectivity index (χ1) is 12.8. The van der Waals surface area contributed by atoms with Crippen molar-refractivity contribution in [3.8, 4) is 11.5 Å². The quantitative estimate of drug-likeness (QED) is 0.486. The van der Waals surface area contributed by atoms with Gasteiger partial charge in [0.1, 0.15) is 17.1 Å². The highest BCUT2D eigenvalue weighted by molar-refractivity contribution is 6.36. The number of esters is 1. The third-order valence-corrected chi connectivity index (χ3v) is 4.53. The van der Waals surface area contributed by atoms with E-state index in [0.717, 1.165) is 12.8 Å². The molecule has 0 unspecified atom stereocenters. The second kappa shape index (κ2) is 9.11. The topological polar surface area (TPSA) is 83.8 Å². The number of phenols is 2. The fourth-order valence-electron chi connectivity index (χ4n) is 2.64. The lowest BCUT2D eigenvalue weighted by Crippen LogP contribution is -2.10. The molecule has 0 saturated carbocycles. The summed E-state index contributed by atoms with van der Waals surface area (Å²) in [5, 5.41) is 20.7. The summed E-state index contributed by atoms with van der Waals surface area (Å²) in [7, 11) is 0. The van der Waals surface area contributed by atoms with Gasteiger partial charge >= 0.3 is 5.97 Å². The van der Waals surface area contributed by atoms with Crippen molar-refractivity contribution in [3.05, 3.63) is 56.6 Å². The largest absolute Gasteiger partial charge is 0.507 e. The molecule has 0 aliphatic rings. The van der Waals surface area contributed by atoms with Crippen LogP contribution in [0.3, 0.4) is 0 Å². The second-order valence-electron chi connectivity index (χ2n) is 5.97. The zero-order chi connectivity index (χ0) is 20.1. The number of unbranched alkanes of at least 4 members (excludes halogenated alkanes) is 1. The molecule has 0 radical (unpaired) electrons. The van der Waals surface area contributed by atoms with E-state index >= 15 is 0 Å². The van der Waals surface area contributed by atoms with E-state index in [1.165, 1.54) is 24.3 Å². The molecule has 0 saturated heterocycles. The molecule has 0 atom stereocenters. The Balaban J connectivity index is 2.60. The van der Waals surface area contributed by atoms with Crippen LogP contribution in [-0.4, -0.2) is 28.6 Å². The molecule has 144 valence electrons. The summed E-state index contributed by atoms with van der Waals surface area (Å²) >= 11 is 11.8. The van der Waals surface area contributed by atoms with Crippen LogP contribution < -0.4 is 0 Å². The summed E-state index contributed by atoms with van der Waals surface area (Å²) in [5.74, 6) is -1.89. The molecule has 27 heavy (non-hydrogen) atoms. The number of halogens is 2. The average molecular weight is 411 g/mol. The molecule has 2 N–H and O–H groups in total. The first-order valence-electron chi connectivity index (χ1n) is 8.55. The number of ether oxygens (including phenoxy) is 1. The fraction of sp³-hybridized carbons (Fsp3) is 0.300. The Morgan fingerprint density at radius 3 is 2.33 bits per heavy atom. The van der Waals surface area contributed by atoms with Gasteiger partial charge in [-0.2, -0.15) is 0 Å². The molecule has 0 amide bonds. The van der Waals surface area contributed by atoms with Crippen LogP contribution in [0.2, 0.25) is 10.0 Å². The SMILES string of the molecule is CCCCc1cc(C(=O)c2cc(Cl)cc(Cl)c2O)cc(C(=O)OCC)c1O. The van der Waals surface area contributed by atoms with Crippen molar-refractivity contribution >= 4 is 35.0 Å². The minimum atomic E-state index is -0.726. The molecule has 0 bridgehead atoms. The summed E-state index contributed by atoms with van der Waals surface area (Å²) in [6.45, 7) is 3.77. The lowest BCUT2D eigenvalue weighted by molar-refractivity contribution is 0.0523. The molecule has 0 heterocycles. The third-order valence-electron chi connectivity index (χ3n) is 4.02. The standard InChI is InChI=1S/C20H20Cl2O5/c1-3-5-6-11-7-12(8-15(17(11)23)20(26)27-4-2)18(24)14-9-13(21)10-16(22)19(14)25/h7-10,23,25H,3-6H2,1-2H3. The van der Waals surface area contributed by atoms with Crippen molar-refractivity contribution in [2.75, 3.05) is 6.61 Å². The molecule has 2 aromatic carbocycles. The molecule has 2 aromatic rings. The van der Waals surface area contributed by atoms with Gasteiger partial charge in [0.05, 0.1) is 17.2 Å². The van der Waals surface area contributed by atoms with E-state index < -0.39 is 17.5 Å². The zero-order valence-electron chi connectivity index (χ0n) is 15.0. The summed E-state index contributed by atoms with van der Waals surface area (Å²) in [6.07, 6.45) is 2.12. The monoisotopic (exact) mass is 410 g/mol. The van der Waals surface area contributed by atoms with Crippen molar-refractivity contribution in [3.63, 3.8) is 0 Å². The molecular formula is C20H20Cl2O5. The van der Waals surface area contributed by atoms with E-state index in [1.54, 1.807) is 6.92 Å². The van der Waals surface area contributed by atoms with E-state index in [0.29, 0.717) is 12.0 Å². The van der Waals surface area contributed by atoms with Crippen LogP contribution in [0.25, 0.3) is 0 Å². The maximum Gasteiger partial charge on any atom is 0.341 e. The predicted octanol–water partition coefficient (Wildman–Crippen LogP) is 5.15. The van der Waals surface area contributed by atoms with E-state index in [2.05, 4.69) is 0 Å². The molecule has 0 fully saturated rings. The molecule has 0 spiro atoms. The summed E-state index contributed by atoms with van der Waals surface area (Å²) in [6, 6.07) is 5.38. The Bertz CT molecular complexity index is 877. The lowest BCUT2D eigenvalue weighted by atomic mass is 9.95. The highest BCUT2D eigenvalue weighted by atomic mass is 35.5. The number of carbonyl (C=O) groups is 2. The normalized spacial score (nSPS) is 10.7. The van der Waals surface area contributed by atoms with Gasteiger partial charge < -0.3 is 14.9 Å².